The second-order valence-corrected chi connectivity index (χ2v) is 9.19. The summed E-state index contributed by atoms with van der Waals surface area (Å²) < 4.78 is 39.9. The molecule has 1 saturated heterocycles. The lowest BCUT2D eigenvalue weighted by Crippen LogP contribution is -2.57. The molecule has 1 aliphatic heterocycles. The van der Waals surface area contributed by atoms with Crippen LogP contribution >= 0.6 is 0 Å². The Morgan fingerprint density at radius 2 is 2.00 bits per heavy atom. The number of carbonyl (C=O) groups is 1. The highest BCUT2D eigenvalue weighted by Gasteiger charge is 2.67. The van der Waals surface area contributed by atoms with Crippen molar-refractivity contribution in [1.29, 1.82) is 0 Å². The van der Waals surface area contributed by atoms with Crippen molar-refractivity contribution in [1.82, 2.24) is 15.1 Å². The van der Waals surface area contributed by atoms with Crippen LogP contribution in [0.4, 0.5) is 13.6 Å². The molecule has 1 aromatic heterocycles. The summed E-state index contributed by atoms with van der Waals surface area (Å²) in [6.45, 7) is 5.69. The number of carbonyl (C=O) groups excluding carboxylic acids is 1. The summed E-state index contributed by atoms with van der Waals surface area (Å²) in [7, 11) is 1.38. The first-order chi connectivity index (χ1) is 14.8. The van der Waals surface area contributed by atoms with Crippen LogP contribution in [-0.2, 0) is 14.9 Å². The molecule has 0 N–H and O–H groups in total. The first kappa shape index (κ1) is 20.3. The number of nitrogens with zero attached hydrogens (tertiary/aromatic N) is 3. The fraction of sp³-hybridized carbons (Fsp3) is 0.522. The Morgan fingerprint density at radius 1 is 1.26 bits per heavy atom. The molecule has 2 fully saturated rings. The summed E-state index contributed by atoms with van der Waals surface area (Å²) in [6.07, 6.45) is 1.15. The van der Waals surface area contributed by atoms with E-state index in [1.807, 2.05) is 0 Å². The van der Waals surface area contributed by atoms with Gasteiger partial charge in [-0.2, -0.15) is 10.2 Å². The van der Waals surface area contributed by atoms with E-state index in [9.17, 15) is 13.6 Å². The van der Waals surface area contributed by atoms with Crippen LogP contribution in [0.3, 0.4) is 0 Å². The van der Waals surface area contributed by atoms with Crippen molar-refractivity contribution >= 4 is 6.09 Å². The number of aromatic nitrogens is 2. The maximum atomic E-state index is 14.4. The summed E-state index contributed by atoms with van der Waals surface area (Å²) >= 11 is 0. The summed E-state index contributed by atoms with van der Waals surface area (Å²) in [6, 6.07) is 5.57. The Labute approximate surface area is 179 Å². The van der Waals surface area contributed by atoms with E-state index in [1.165, 1.54) is 25.3 Å². The minimum absolute atomic E-state index is 0.154. The molecule has 2 bridgehead atoms. The van der Waals surface area contributed by atoms with E-state index in [0.717, 1.165) is 24.1 Å². The summed E-state index contributed by atoms with van der Waals surface area (Å²) in [5.41, 5.74) is 1.21. The number of methoxy groups -OCH3 is 1. The predicted molar refractivity (Wildman–Crippen MR) is 109 cm³/mol. The Bertz CT molecular complexity index is 1040. The maximum Gasteiger partial charge on any atom is 0.409 e. The molecule has 1 saturated carbocycles. The molecule has 2 aromatic rings. The Balaban J connectivity index is 1.60. The van der Waals surface area contributed by atoms with Crippen molar-refractivity contribution in [3.8, 4) is 11.3 Å². The van der Waals surface area contributed by atoms with Crippen LogP contribution in [0.2, 0.25) is 0 Å². The van der Waals surface area contributed by atoms with Crippen molar-refractivity contribution in [3.05, 3.63) is 47.2 Å². The van der Waals surface area contributed by atoms with Gasteiger partial charge in [0.15, 0.2) is 0 Å². The lowest BCUT2D eigenvalue weighted by atomic mass is 9.64. The van der Waals surface area contributed by atoms with Gasteiger partial charge in [0.1, 0.15) is 11.6 Å². The highest BCUT2D eigenvalue weighted by atomic mass is 19.1. The minimum atomic E-state index is -0.657. The second kappa shape index (κ2) is 6.95. The molecule has 1 amide bonds. The van der Waals surface area contributed by atoms with Gasteiger partial charge in [0.2, 0.25) is 0 Å². The molecule has 0 unspecified atom stereocenters. The molecule has 2 heterocycles. The number of hydrogen-bond acceptors (Lipinski definition) is 5. The molecule has 164 valence electrons. The van der Waals surface area contributed by atoms with E-state index in [2.05, 4.69) is 24.0 Å². The molecule has 1 aromatic carbocycles. The van der Waals surface area contributed by atoms with E-state index in [1.54, 1.807) is 11.0 Å². The number of benzene rings is 1. The first-order valence-electron chi connectivity index (χ1n) is 10.6. The zero-order valence-electron chi connectivity index (χ0n) is 17.8. The fourth-order valence-electron chi connectivity index (χ4n) is 6.19. The normalized spacial score (nSPS) is 28.5. The largest absolute Gasteiger partial charge is 0.453 e. The quantitative estimate of drug-likeness (QED) is 0.721. The van der Waals surface area contributed by atoms with Gasteiger partial charge < -0.3 is 14.4 Å². The Hall–Kier alpha value is -2.61. The summed E-state index contributed by atoms with van der Waals surface area (Å²) in [5, 5.41) is 8.78. The van der Waals surface area contributed by atoms with E-state index in [0.29, 0.717) is 19.7 Å². The van der Waals surface area contributed by atoms with E-state index >= 15 is 0 Å². The number of amides is 1. The number of hydrogen-bond donors (Lipinski definition) is 0. The average molecular weight is 429 g/mol. The van der Waals surface area contributed by atoms with Crippen LogP contribution in [0, 0.1) is 17.0 Å². The third-order valence-electron chi connectivity index (χ3n) is 7.74. The van der Waals surface area contributed by atoms with Gasteiger partial charge >= 0.3 is 6.09 Å². The van der Waals surface area contributed by atoms with E-state index < -0.39 is 17.0 Å². The third kappa shape index (κ3) is 2.67. The van der Waals surface area contributed by atoms with E-state index in [-0.39, 0.29) is 34.8 Å². The smallest absolute Gasteiger partial charge is 0.409 e. The van der Waals surface area contributed by atoms with E-state index in [4.69, 9.17) is 9.47 Å². The van der Waals surface area contributed by atoms with Crippen molar-refractivity contribution in [3.63, 3.8) is 0 Å². The molecule has 3 aliphatic rings. The molecule has 31 heavy (non-hydrogen) atoms. The van der Waals surface area contributed by atoms with Crippen LogP contribution in [0.5, 0.6) is 0 Å². The monoisotopic (exact) mass is 429 g/mol. The van der Waals surface area contributed by atoms with Crippen LogP contribution < -0.4 is 0 Å². The standard InChI is InChI=1S/C23H25F2N3O3/c1-22(2)14-7-8-23(22,18-12-28(9-10-31-18)21(29)30-3)20-13(14)11-17(26-27-20)19-15(24)5-4-6-16(19)25/h4-6,11,14,18H,7-10,12H2,1-3H3/t14-,18+,23-/m0/s1. The predicted octanol–water partition coefficient (Wildman–Crippen LogP) is 4.04. The van der Waals surface area contributed by atoms with Crippen LogP contribution in [0.15, 0.2) is 24.3 Å². The highest BCUT2D eigenvalue weighted by molar-refractivity contribution is 5.68. The van der Waals surface area contributed by atoms with Crippen molar-refractivity contribution in [2.45, 2.75) is 44.1 Å². The molecule has 2 aliphatic carbocycles. The minimum Gasteiger partial charge on any atom is -0.453 e. The topological polar surface area (TPSA) is 64.5 Å². The highest BCUT2D eigenvalue weighted by Crippen LogP contribution is 2.69. The van der Waals surface area contributed by atoms with Gasteiger partial charge in [-0.1, -0.05) is 19.9 Å². The number of fused-ring (bicyclic) bond motifs is 5. The second-order valence-electron chi connectivity index (χ2n) is 9.19. The zero-order valence-corrected chi connectivity index (χ0v) is 17.8. The summed E-state index contributed by atoms with van der Waals surface area (Å²) in [4.78, 5) is 13.8. The number of morpholine rings is 1. The third-order valence-corrected chi connectivity index (χ3v) is 7.74. The van der Waals surface area contributed by atoms with Gasteiger partial charge in [0.05, 0.1) is 43.3 Å². The average Bonchev–Trinajstić information content (AvgIpc) is 3.14. The van der Waals surface area contributed by atoms with Crippen LogP contribution in [0.1, 0.15) is 43.9 Å². The van der Waals surface area contributed by atoms with Gasteiger partial charge in [-0.3, -0.25) is 0 Å². The van der Waals surface area contributed by atoms with Crippen molar-refractivity contribution in [2.24, 2.45) is 5.41 Å². The van der Waals surface area contributed by atoms with Gasteiger partial charge in [0.25, 0.3) is 0 Å². The molecule has 0 spiro atoms. The van der Waals surface area contributed by atoms with Gasteiger partial charge in [-0.15, -0.1) is 0 Å². The zero-order chi connectivity index (χ0) is 22.0. The Morgan fingerprint density at radius 3 is 2.71 bits per heavy atom. The van der Waals surface area contributed by atoms with Gasteiger partial charge in [-0.25, -0.2) is 13.6 Å². The Kier molecular flexibility index (Phi) is 4.55. The van der Waals surface area contributed by atoms with Crippen LogP contribution in [0.25, 0.3) is 11.3 Å². The lowest BCUT2D eigenvalue weighted by molar-refractivity contribution is -0.0868. The molecule has 3 atom stereocenters. The number of halogens is 2. The lowest BCUT2D eigenvalue weighted by Gasteiger charge is -2.47. The summed E-state index contributed by atoms with van der Waals surface area (Å²) in [5.74, 6) is -1.14. The van der Waals surface area contributed by atoms with Gasteiger partial charge in [-0.05, 0) is 47.9 Å². The van der Waals surface area contributed by atoms with Crippen molar-refractivity contribution in [2.75, 3.05) is 26.8 Å². The molecular formula is C23H25F2N3O3. The molecule has 5 rings (SSSR count). The maximum absolute atomic E-state index is 14.4. The fourth-order valence-corrected chi connectivity index (χ4v) is 6.19. The SMILES string of the molecule is COC(=O)N1CCO[C@@H]([C@@]23CC[C@@H](c4cc(-c5c(F)cccc5F)nnc42)C3(C)C)C1. The van der Waals surface area contributed by atoms with Crippen LogP contribution in [-0.4, -0.2) is 54.1 Å². The number of ether oxygens (including phenoxy) is 2. The molecule has 0 radical (unpaired) electrons. The first-order valence-corrected chi connectivity index (χ1v) is 10.6. The molecule has 6 nitrogen and oxygen atoms in total. The van der Waals surface area contributed by atoms with Crippen molar-refractivity contribution < 1.29 is 23.0 Å². The van der Waals surface area contributed by atoms with Gasteiger partial charge in [0, 0.05) is 12.0 Å². The molecular weight excluding hydrogens is 404 g/mol. The number of rotatable bonds is 2. The molecule has 8 heteroatoms.